The lowest BCUT2D eigenvalue weighted by Crippen LogP contribution is -2.30. The van der Waals surface area contributed by atoms with Crippen LogP contribution < -0.4 is 0 Å². The van der Waals surface area contributed by atoms with Gasteiger partial charge in [0, 0.05) is 30.9 Å². The third-order valence-electron chi connectivity index (χ3n) is 4.96. The molecule has 2 aromatic carbocycles. The molecule has 0 saturated carbocycles. The molecule has 1 heterocycles. The molecule has 0 aliphatic heterocycles. The molecule has 4 nitrogen and oxygen atoms in total. The molecule has 0 N–H and O–H groups in total. The van der Waals surface area contributed by atoms with Crippen LogP contribution in [-0.2, 0) is 24.3 Å². The average Bonchev–Trinajstić information content (AvgIpc) is 2.74. The molecule has 0 atom stereocenters. The van der Waals surface area contributed by atoms with Crippen molar-refractivity contribution in [3.8, 4) is 0 Å². The summed E-state index contributed by atoms with van der Waals surface area (Å²) < 4.78 is 0. The molecule has 29 heavy (non-hydrogen) atoms. The zero-order chi connectivity index (χ0) is 20.6. The fraction of sp³-hybridized carbons (Fsp3) is 0.292. The summed E-state index contributed by atoms with van der Waals surface area (Å²) >= 11 is 1.54. The summed E-state index contributed by atoms with van der Waals surface area (Å²) in [6.07, 6.45) is 3.08. The largest absolute Gasteiger partial charge is 0.334 e. The molecule has 5 heteroatoms. The molecule has 0 fully saturated rings. The van der Waals surface area contributed by atoms with Crippen LogP contribution in [0.15, 0.2) is 65.8 Å². The number of hydrogen-bond acceptors (Lipinski definition) is 4. The quantitative estimate of drug-likeness (QED) is 0.392. The van der Waals surface area contributed by atoms with Crippen molar-refractivity contribution in [2.45, 2.75) is 44.9 Å². The maximum absolute atomic E-state index is 13.2. The van der Waals surface area contributed by atoms with Crippen LogP contribution in [0.25, 0.3) is 0 Å². The second kappa shape index (κ2) is 10.2. The van der Waals surface area contributed by atoms with E-state index in [4.69, 9.17) is 0 Å². The molecule has 0 unspecified atom stereocenters. The van der Waals surface area contributed by atoms with Crippen molar-refractivity contribution >= 4 is 17.7 Å². The Kier molecular flexibility index (Phi) is 7.42. The first kappa shape index (κ1) is 21.1. The average molecular weight is 406 g/mol. The molecule has 0 saturated heterocycles. The van der Waals surface area contributed by atoms with Crippen LogP contribution in [0.3, 0.4) is 0 Å². The highest BCUT2D eigenvalue weighted by Gasteiger charge is 2.17. The van der Waals surface area contributed by atoms with E-state index in [-0.39, 0.29) is 5.91 Å². The van der Waals surface area contributed by atoms with Crippen molar-refractivity contribution in [3.05, 3.63) is 88.7 Å². The number of amides is 1. The minimum absolute atomic E-state index is 0.144. The molecule has 0 spiro atoms. The molecule has 3 rings (SSSR count). The topological polar surface area (TPSA) is 46.1 Å². The number of carbonyl (C=O) groups is 1. The Bertz CT molecular complexity index is 880. The number of thioether (sulfide) groups is 1. The Balaban J connectivity index is 1.74. The summed E-state index contributed by atoms with van der Waals surface area (Å²) in [7, 11) is 0. The fourth-order valence-electron chi connectivity index (χ4n) is 3.39. The van der Waals surface area contributed by atoms with Crippen molar-refractivity contribution in [1.82, 2.24) is 14.9 Å². The SMILES string of the molecule is CSc1nc(C)c(CCC(=O)N(Cc2ccccc2)Cc2ccccc2)c(C)n1. The maximum Gasteiger partial charge on any atom is 0.223 e. The Morgan fingerprint density at radius 3 is 1.79 bits per heavy atom. The predicted octanol–water partition coefficient (Wildman–Crippen LogP) is 4.98. The number of carbonyl (C=O) groups excluding carboxylic acids is 1. The molecule has 0 radical (unpaired) electrons. The van der Waals surface area contributed by atoms with Gasteiger partial charge in [0.05, 0.1) is 0 Å². The van der Waals surface area contributed by atoms with Gasteiger partial charge in [0.2, 0.25) is 5.91 Å². The normalized spacial score (nSPS) is 10.7. The Labute approximate surface area is 177 Å². The van der Waals surface area contributed by atoms with E-state index >= 15 is 0 Å². The first-order valence-electron chi connectivity index (χ1n) is 9.80. The van der Waals surface area contributed by atoms with E-state index in [9.17, 15) is 4.79 Å². The van der Waals surface area contributed by atoms with Gasteiger partial charge in [0.15, 0.2) is 5.16 Å². The van der Waals surface area contributed by atoms with E-state index in [1.807, 2.05) is 61.4 Å². The van der Waals surface area contributed by atoms with Gasteiger partial charge in [-0.3, -0.25) is 4.79 Å². The Morgan fingerprint density at radius 2 is 1.34 bits per heavy atom. The second-order valence-electron chi connectivity index (χ2n) is 7.08. The minimum atomic E-state index is 0.144. The summed E-state index contributed by atoms with van der Waals surface area (Å²) in [5, 5.41) is 0.782. The molecule has 1 amide bonds. The van der Waals surface area contributed by atoms with Gasteiger partial charge in [0.25, 0.3) is 0 Å². The first-order chi connectivity index (χ1) is 14.1. The number of rotatable bonds is 8. The van der Waals surface area contributed by atoms with Crippen molar-refractivity contribution in [2.75, 3.05) is 6.26 Å². The van der Waals surface area contributed by atoms with Crippen LogP contribution >= 0.6 is 11.8 Å². The highest BCUT2D eigenvalue weighted by molar-refractivity contribution is 7.98. The third kappa shape index (κ3) is 5.91. The molecule has 0 bridgehead atoms. The molecule has 150 valence electrons. The monoisotopic (exact) mass is 405 g/mol. The number of aromatic nitrogens is 2. The van der Waals surface area contributed by atoms with Crippen LogP contribution in [0.2, 0.25) is 0 Å². The highest BCUT2D eigenvalue weighted by Crippen LogP contribution is 2.18. The lowest BCUT2D eigenvalue weighted by molar-refractivity contribution is -0.132. The van der Waals surface area contributed by atoms with Gasteiger partial charge < -0.3 is 4.90 Å². The van der Waals surface area contributed by atoms with Crippen LogP contribution in [0.4, 0.5) is 0 Å². The number of benzene rings is 2. The highest BCUT2D eigenvalue weighted by atomic mass is 32.2. The van der Waals surface area contributed by atoms with Crippen LogP contribution in [0.5, 0.6) is 0 Å². The van der Waals surface area contributed by atoms with Gasteiger partial charge in [0.1, 0.15) is 0 Å². The molecule has 3 aromatic rings. The minimum Gasteiger partial charge on any atom is -0.334 e. The van der Waals surface area contributed by atoms with E-state index in [0.29, 0.717) is 25.9 Å². The number of nitrogens with zero attached hydrogens (tertiary/aromatic N) is 3. The standard InChI is InChI=1S/C24H27N3OS/c1-18-22(19(2)26-24(25-18)29-3)14-15-23(28)27(16-20-10-6-4-7-11-20)17-21-12-8-5-9-13-21/h4-13H,14-17H2,1-3H3. The number of aryl methyl sites for hydroxylation is 2. The summed E-state index contributed by atoms with van der Waals surface area (Å²) in [6.45, 7) is 5.21. The van der Waals surface area contributed by atoms with E-state index in [2.05, 4.69) is 34.2 Å². The lowest BCUT2D eigenvalue weighted by atomic mass is 10.1. The smallest absolute Gasteiger partial charge is 0.223 e. The zero-order valence-electron chi connectivity index (χ0n) is 17.3. The van der Waals surface area contributed by atoms with E-state index < -0.39 is 0 Å². The number of hydrogen-bond donors (Lipinski definition) is 0. The van der Waals surface area contributed by atoms with Crippen molar-refractivity contribution < 1.29 is 4.79 Å². The Hall–Kier alpha value is -2.66. The predicted molar refractivity (Wildman–Crippen MR) is 119 cm³/mol. The van der Waals surface area contributed by atoms with Crippen LogP contribution in [-0.4, -0.2) is 27.0 Å². The summed E-state index contributed by atoms with van der Waals surface area (Å²) in [5.74, 6) is 0.144. The van der Waals surface area contributed by atoms with Gasteiger partial charge >= 0.3 is 0 Å². The summed E-state index contributed by atoms with van der Waals surface area (Å²) in [5.41, 5.74) is 5.28. The second-order valence-corrected chi connectivity index (χ2v) is 7.85. The van der Waals surface area contributed by atoms with E-state index in [1.165, 1.54) is 0 Å². The molecular weight excluding hydrogens is 378 g/mol. The maximum atomic E-state index is 13.2. The van der Waals surface area contributed by atoms with Crippen molar-refractivity contribution in [3.63, 3.8) is 0 Å². The summed E-state index contributed by atoms with van der Waals surface area (Å²) in [4.78, 5) is 24.2. The first-order valence-corrected chi connectivity index (χ1v) is 11.0. The van der Waals surface area contributed by atoms with Crippen molar-refractivity contribution in [2.24, 2.45) is 0 Å². The van der Waals surface area contributed by atoms with Gasteiger partial charge in [-0.1, -0.05) is 72.4 Å². The van der Waals surface area contributed by atoms with Crippen LogP contribution in [0.1, 0.15) is 34.5 Å². The van der Waals surface area contributed by atoms with Crippen LogP contribution in [0, 0.1) is 13.8 Å². The van der Waals surface area contributed by atoms with Gasteiger partial charge in [-0.15, -0.1) is 0 Å². The zero-order valence-corrected chi connectivity index (χ0v) is 18.1. The van der Waals surface area contributed by atoms with Crippen molar-refractivity contribution in [1.29, 1.82) is 0 Å². The molecule has 0 aliphatic carbocycles. The molecule has 1 aromatic heterocycles. The van der Waals surface area contributed by atoms with Gasteiger partial charge in [-0.25, -0.2) is 9.97 Å². The summed E-state index contributed by atoms with van der Waals surface area (Å²) in [6, 6.07) is 20.3. The third-order valence-corrected chi connectivity index (χ3v) is 5.50. The Morgan fingerprint density at radius 1 is 0.862 bits per heavy atom. The molecule has 0 aliphatic rings. The van der Waals surface area contributed by atoms with Gasteiger partial charge in [-0.05, 0) is 43.2 Å². The van der Waals surface area contributed by atoms with E-state index in [1.54, 1.807) is 11.8 Å². The van der Waals surface area contributed by atoms with E-state index in [0.717, 1.165) is 33.2 Å². The molecular formula is C24H27N3OS. The van der Waals surface area contributed by atoms with Gasteiger partial charge in [-0.2, -0.15) is 0 Å². The lowest BCUT2D eigenvalue weighted by Gasteiger charge is -2.23. The fourth-order valence-corrected chi connectivity index (χ4v) is 3.85.